The fraction of sp³-hybridized carbons (Fsp3) is 0.571. The minimum Gasteiger partial charge on any atom is -0.459 e. The van der Waals surface area contributed by atoms with E-state index in [1.54, 1.807) is 13.8 Å². The zero-order valence-corrected chi connectivity index (χ0v) is 12.3. The van der Waals surface area contributed by atoms with Crippen molar-refractivity contribution >= 4 is 11.9 Å². The summed E-state index contributed by atoms with van der Waals surface area (Å²) in [4.78, 5) is 21.7. The molecule has 0 amide bonds. The first-order valence-corrected chi connectivity index (χ1v) is 6.52. The summed E-state index contributed by atoms with van der Waals surface area (Å²) >= 11 is 0. The van der Waals surface area contributed by atoms with E-state index in [-0.39, 0.29) is 13.2 Å². The molecule has 6 heteroatoms. The quantitative estimate of drug-likeness (QED) is 0.432. The maximum Gasteiger partial charge on any atom is 0.333 e. The molecule has 114 valence electrons. The number of esters is 2. The Morgan fingerprint density at radius 3 is 1.35 bits per heavy atom. The van der Waals surface area contributed by atoms with Crippen molar-refractivity contribution in [1.82, 2.24) is 10.6 Å². The molecule has 0 radical (unpaired) electrons. The van der Waals surface area contributed by atoms with E-state index in [0.29, 0.717) is 11.1 Å². The lowest BCUT2D eigenvalue weighted by Gasteiger charge is -2.11. The number of hydrogen-bond acceptors (Lipinski definition) is 6. The largest absolute Gasteiger partial charge is 0.459 e. The van der Waals surface area contributed by atoms with Crippen LogP contribution in [0.5, 0.6) is 0 Å². The number of ether oxygens (including phenoxy) is 2. The first-order chi connectivity index (χ1) is 9.45. The third kappa shape index (κ3) is 10.3. The highest BCUT2D eigenvalue weighted by Gasteiger charge is 2.05. The van der Waals surface area contributed by atoms with Crippen molar-refractivity contribution in [2.24, 2.45) is 0 Å². The molecule has 1 heterocycles. The molecule has 6 nitrogen and oxygen atoms in total. The normalized spacial score (nSPS) is 13.5. The van der Waals surface area contributed by atoms with E-state index < -0.39 is 11.9 Å². The number of carbonyl (C=O) groups is 2. The molecule has 1 saturated heterocycles. The smallest absolute Gasteiger partial charge is 0.333 e. The van der Waals surface area contributed by atoms with Crippen LogP contribution in [0.1, 0.15) is 13.8 Å². The third-order valence-corrected chi connectivity index (χ3v) is 2.20. The molecule has 0 atom stereocenters. The van der Waals surface area contributed by atoms with Gasteiger partial charge in [-0.15, -0.1) is 0 Å². The minimum atomic E-state index is -0.489. The van der Waals surface area contributed by atoms with Crippen LogP contribution in [0.2, 0.25) is 0 Å². The molecule has 20 heavy (non-hydrogen) atoms. The second kappa shape index (κ2) is 11.2. The van der Waals surface area contributed by atoms with Gasteiger partial charge in [0.1, 0.15) is 13.2 Å². The van der Waals surface area contributed by atoms with Gasteiger partial charge in [0.05, 0.1) is 0 Å². The Balaban J connectivity index is 0.000000493. The fourth-order valence-electron chi connectivity index (χ4n) is 1.12. The first-order valence-electron chi connectivity index (χ1n) is 6.52. The average molecular weight is 284 g/mol. The molecule has 1 fully saturated rings. The number of nitrogens with one attached hydrogen (secondary N) is 2. The predicted molar refractivity (Wildman–Crippen MR) is 77.3 cm³/mol. The highest BCUT2D eigenvalue weighted by atomic mass is 16.6. The number of hydrogen-bond donors (Lipinski definition) is 2. The molecule has 2 N–H and O–H groups in total. The molecule has 0 aromatic heterocycles. The summed E-state index contributed by atoms with van der Waals surface area (Å²) in [5, 5.41) is 6.44. The van der Waals surface area contributed by atoms with Gasteiger partial charge in [-0.2, -0.15) is 0 Å². The van der Waals surface area contributed by atoms with Crippen molar-refractivity contribution in [2.45, 2.75) is 13.8 Å². The third-order valence-electron chi connectivity index (χ3n) is 2.20. The number of piperazine rings is 1. The lowest BCUT2D eigenvalue weighted by atomic mass is 10.4. The van der Waals surface area contributed by atoms with Gasteiger partial charge in [0, 0.05) is 37.3 Å². The Labute approximate surface area is 120 Å². The van der Waals surface area contributed by atoms with Gasteiger partial charge < -0.3 is 20.1 Å². The standard InChI is InChI=1S/C10H14O4.C4H10N2/c1-7(2)9(11)13-5-6-14-10(12)8(3)4;1-2-6-4-3-5-1/h1,3,5-6H2,2,4H3;5-6H,1-4H2. The van der Waals surface area contributed by atoms with Crippen molar-refractivity contribution in [3.63, 3.8) is 0 Å². The van der Waals surface area contributed by atoms with Crippen molar-refractivity contribution in [3.8, 4) is 0 Å². The van der Waals surface area contributed by atoms with E-state index in [0.717, 1.165) is 26.2 Å². The molecule has 0 aliphatic carbocycles. The minimum absolute atomic E-state index is 0.0325. The summed E-state index contributed by atoms with van der Waals surface area (Å²) in [6.07, 6.45) is 0. The zero-order valence-electron chi connectivity index (χ0n) is 12.3. The lowest BCUT2D eigenvalue weighted by Crippen LogP contribution is -2.39. The van der Waals surface area contributed by atoms with Gasteiger partial charge in [0.25, 0.3) is 0 Å². The molecule has 0 aromatic carbocycles. The summed E-state index contributed by atoms with van der Waals surface area (Å²) in [5.41, 5.74) is 0.632. The van der Waals surface area contributed by atoms with Gasteiger partial charge >= 0.3 is 11.9 Å². The van der Waals surface area contributed by atoms with Crippen molar-refractivity contribution in [3.05, 3.63) is 24.3 Å². The Bertz CT molecular complexity index is 310. The first kappa shape index (κ1) is 18.3. The van der Waals surface area contributed by atoms with E-state index >= 15 is 0 Å². The Hall–Kier alpha value is -1.66. The van der Waals surface area contributed by atoms with Crippen LogP contribution in [-0.4, -0.2) is 51.3 Å². The Morgan fingerprint density at radius 1 is 0.850 bits per heavy atom. The monoisotopic (exact) mass is 284 g/mol. The number of rotatable bonds is 5. The van der Waals surface area contributed by atoms with Crippen LogP contribution in [0.3, 0.4) is 0 Å². The van der Waals surface area contributed by atoms with Gasteiger partial charge in [0.15, 0.2) is 0 Å². The van der Waals surface area contributed by atoms with Gasteiger partial charge in [-0.25, -0.2) is 9.59 Å². The average Bonchev–Trinajstić information content (AvgIpc) is 2.45. The van der Waals surface area contributed by atoms with Crippen LogP contribution in [0.4, 0.5) is 0 Å². The van der Waals surface area contributed by atoms with Gasteiger partial charge in [-0.1, -0.05) is 13.2 Å². The topological polar surface area (TPSA) is 76.7 Å². The summed E-state index contributed by atoms with van der Waals surface area (Å²) in [6.45, 7) is 14.5. The lowest BCUT2D eigenvalue weighted by molar-refractivity contribution is -0.147. The highest BCUT2D eigenvalue weighted by Crippen LogP contribution is 1.94. The van der Waals surface area contributed by atoms with Gasteiger partial charge in [-0.3, -0.25) is 0 Å². The van der Waals surface area contributed by atoms with E-state index in [1.165, 1.54) is 0 Å². The summed E-state index contributed by atoms with van der Waals surface area (Å²) in [6, 6.07) is 0. The molecule has 0 bridgehead atoms. The van der Waals surface area contributed by atoms with Crippen molar-refractivity contribution in [1.29, 1.82) is 0 Å². The van der Waals surface area contributed by atoms with Crippen molar-refractivity contribution < 1.29 is 19.1 Å². The van der Waals surface area contributed by atoms with Gasteiger partial charge in [-0.05, 0) is 13.8 Å². The molecule has 1 aliphatic heterocycles. The predicted octanol–water partition coefficient (Wildman–Crippen LogP) is 0.404. The molecular weight excluding hydrogens is 260 g/mol. The SMILES string of the molecule is C1CNCCN1.C=C(C)C(=O)OCCOC(=O)C(=C)C. The van der Waals surface area contributed by atoms with Gasteiger partial charge in [0.2, 0.25) is 0 Å². The fourth-order valence-corrected chi connectivity index (χ4v) is 1.12. The molecule has 0 aromatic rings. The molecule has 1 aliphatic rings. The Morgan fingerprint density at radius 2 is 1.15 bits per heavy atom. The van der Waals surface area contributed by atoms with E-state index in [9.17, 15) is 9.59 Å². The molecule has 0 saturated carbocycles. The molecular formula is C14H24N2O4. The van der Waals surface area contributed by atoms with Crippen LogP contribution in [-0.2, 0) is 19.1 Å². The van der Waals surface area contributed by atoms with E-state index in [2.05, 4.69) is 33.3 Å². The van der Waals surface area contributed by atoms with Crippen LogP contribution in [0.15, 0.2) is 24.3 Å². The van der Waals surface area contributed by atoms with Crippen LogP contribution in [0, 0.1) is 0 Å². The van der Waals surface area contributed by atoms with Crippen LogP contribution >= 0.6 is 0 Å². The molecule has 0 spiro atoms. The van der Waals surface area contributed by atoms with Crippen molar-refractivity contribution in [2.75, 3.05) is 39.4 Å². The summed E-state index contributed by atoms with van der Waals surface area (Å²) in [7, 11) is 0. The maximum atomic E-state index is 10.8. The Kier molecular flexibility index (Phi) is 10.3. The van der Waals surface area contributed by atoms with Crippen LogP contribution < -0.4 is 10.6 Å². The molecule has 1 rings (SSSR count). The zero-order chi connectivity index (χ0) is 15.4. The second-order valence-corrected chi connectivity index (χ2v) is 4.33. The van der Waals surface area contributed by atoms with E-state index in [1.807, 2.05) is 0 Å². The maximum absolute atomic E-state index is 10.8. The second-order valence-electron chi connectivity index (χ2n) is 4.33. The summed E-state index contributed by atoms with van der Waals surface area (Å²) in [5.74, 6) is -0.979. The highest BCUT2D eigenvalue weighted by molar-refractivity contribution is 5.87. The summed E-state index contributed by atoms with van der Waals surface area (Å²) < 4.78 is 9.38. The van der Waals surface area contributed by atoms with Crippen LogP contribution in [0.25, 0.3) is 0 Å². The molecule has 0 unspecified atom stereocenters. The van der Waals surface area contributed by atoms with E-state index in [4.69, 9.17) is 0 Å². The number of carbonyl (C=O) groups excluding carboxylic acids is 2.